The zero-order chi connectivity index (χ0) is 15.8. The highest BCUT2D eigenvalue weighted by atomic mass is 32.1. The highest BCUT2D eigenvalue weighted by Gasteiger charge is 2.35. The number of amides is 1. The summed E-state index contributed by atoms with van der Waals surface area (Å²) in [6.07, 6.45) is 3.37. The van der Waals surface area contributed by atoms with Crippen LogP contribution in [0.2, 0.25) is 0 Å². The van der Waals surface area contributed by atoms with E-state index in [0.29, 0.717) is 11.9 Å². The number of carbonyl (C=O) groups is 1. The molecule has 0 N–H and O–H groups in total. The van der Waals surface area contributed by atoms with E-state index >= 15 is 0 Å². The Kier molecular flexibility index (Phi) is 4.26. The predicted molar refractivity (Wildman–Crippen MR) is 95.9 cm³/mol. The number of rotatable bonds is 3. The van der Waals surface area contributed by atoms with Gasteiger partial charge in [0.05, 0.1) is 6.04 Å². The molecule has 2 atom stereocenters. The maximum absolute atomic E-state index is 13.0. The fraction of sp³-hybridized carbons (Fsp3) is 0.500. The van der Waals surface area contributed by atoms with E-state index in [4.69, 9.17) is 0 Å². The molecule has 2 aromatic heterocycles. The lowest BCUT2D eigenvalue weighted by Gasteiger charge is -2.35. The summed E-state index contributed by atoms with van der Waals surface area (Å²) < 4.78 is 0. The van der Waals surface area contributed by atoms with Crippen LogP contribution in [-0.4, -0.2) is 34.8 Å². The third-order valence-electron chi connectivity index (χ3n) is 5.20. The van der Waals surface area contributed by atoms with E-state index in [-0.39, 0.29) is 6.04 Å². The molecular weight excluding hydrogens is 324 g/mol. The van der Waals surface area contributed by atoms with Gasteiger partial charge in [0.1, 0.15) is 0 Å². The Labute approximate surface area is 145 Å². The molecule has 0 radical (unpaired) electrons. The van der Waals surface area contributed by atoms with Crippen LogP contribution in [0.15, 0.2) is 28.3 Å². The average molecular weight is 347 g/mol. The number of hydrogen-bond acceptors (Lipinski definition) is 4. The van der Waals surface area contributed by atoms with Gasteiger partial charge in [0.25, 0.3) is 0 Å². The smallest absolute Gasteiger partial charge is 0.239 e. The van der Waals surface area contributed by atoms with E-state index in [9.17, 15) is 4.79 Å². The van der Waals surface area contributed by atoms with E-state index in [0.717, 1.165) is 26.1 Å². The van der Waals surface area contributed by atoms with Crippen LogP contribution in [0.4, 0.5) is 0 Å². The van der Waals surface area contributed by atoms with E-state index in [2.05, 4.69) is 45.0 Å². The molecule has 0 bridgehead atoms. The van der Waals surface area contributed by atoms with Crippen molar-refractivity contribution >= 4 is 28.6 Å². The van der Waals surface area contributed by atoms with Gasteiger partial charge in [-0.1, -0.05) is 0 Å². The molecule has 1 fully saturated rings. The molecule has 3 nitrogen and oxygen atoms in total. The summed E-state index contributed by atoms with van der Waals surface area (Å²) in [5.41, 5.74) is 2.73. The number of hydrogen-bond donors (Lipinski definition) is 0. The second kappa shape index (κ2) is 6.38. The molecule has 5 heteroatoms. The van der Waals surface area contributed by atoms with E-state index in [1.807, 2.05) is 11.3 Å². The Balaban J connectivity index is 1.48. The van der Waals surface area contributed by atoms with Crippen molar-refractivity contribution in [2.45, 2.75) is 44.8 Å². The van der Waals surface area contributed by atoms with Gasteiger partial charge in [0.15, 0.2) is 0 Å². The zero-order valence-electron chi connectivity index (χ0n) is 13.4. The van der Waals surface area contributed by atoms with Gasteiger partial charge in [-0.25, -0.2) is 0 Å². The van der Waals surface area contributed by atoms with Crippen LogP contribution in [0, 0.1) is 0 Å². The monoisotopic (exact) mass is 346 g/mol. The van der Waals surface area contributed by atoms with Crippen LogP contribution in [0.25, 0.3) is 0 Å². The topological polar surface area (TPSA) is 23.6 Å². The third-order valence-corrected chi connectivity index (χ3v) is 6.92. The van der Waals surface area contributed by atoms with Crippen molar-refractivity contribution in [3.8, 4) is 0 Å². The van der Waals surface area contributed by atoms with Crippen molar-refractivity contribution in [3.63, 3.8) is 0 Å². The maximum atomic E-state index is 13.0. The summed E-state index contributed by atoms with van der Waals surface area (Å²) in [5, 5.41) is 6.52. The summed E-state index contributed by atoms with van der Waals surface area (Å²) in [6, 6.07) is 4.78. The van der Waals surface area contributed by atoms with Gasteiger partial charge in [-0.15, -0.1) is 11.3 Å². The number of thiophene rings is 2. The summed E-state index contributed by atoms with van der Waals surface area (Å²) in [4.78, 5) is 18.9. The molecule has 0 aromatic carbocycles. The second-order valence-corrected chi connectivity index (χ2v) is 8.29. The molecule has 2 aliphatic rings. The first-order chi connectivity index (χ1) is 11.2. The molecule has 0 spiro atoms. The van der Waals surface area contributed by atoms with Gasteiger partial charge in [-0.2, -0.15) is 11.3 Å². The molecule has 1 saturated heterocycles. The first-order valence-electron chi connectivity index (χ1n) is 8.36. The number of carbonyl (C=O) groups excluding carboxylic acids is 1. The van der Waals surface area contributed by atoms with Gasteiger partial charge in [0.2, 0.25) is 5.91 Å². The third kappa shape index (κ3) is 2.86. The quantitative estimate of drug-likeness (QED) is 0.841. The Morgan fingerprint density at radius 1 is 1.30 bits per heavy atom. The van der Waals surface area contributed by atoms with Crippen LogP contribution < -0.4 is 0 Å². The Morgan fingerprint density at radius 3 is 3.04 bits per heavy atom. The van der Waals surface area contributed by atoms with Gasteiger partial charge in [-0.05, 0) is 72.1 Å². The van der Waals surface area contributed by atoms with Gasteiger partial charge < -0.3 is 4.90 Å². The Bertz CT molecular complexity index is 679. The molecule has 2 aliphatic heterocycles. The fourth-order valence-electron chi connectivity index (χ4n) is 3.92. The van der Waals surface area contributed by atoms with E-state index in [1.54, 1.807) is 11.3 Å². The average Bonchev–Trinajstić information content (AvgIpc) is 3.32. The van der Waals surface area contributed by atoms with Crippen molar-refractivity contribution in [2.24, 2.45) is 0 Å². The zero-order valence-corrected chi connectivity index (χ0v) is 15.0. The molecule has 0 saturated carbocycles. The van der Waals surface area contributed by atoms with Crippen molar-refractivity contribution in [2.75, 3.05) is 13.1 Å². The summed E-state index contributed by atoms with van der Waals surface area (Å²) >= 11 is 3.57. The normalized spacial score (nSPS) is 23.0. The van der Waals surface area contributed by atoms with Crippen molar-refractivity contribution in [3.05, 3.63) is 44.3 Å². The number of likely N-dealkylation sites (tertiary alicyclic amines) is 1. The lowest BCUT2D eigenvalue weighted by atomic mass is 10.1. The van der Waals surface area contributed by atoms with Crippen molar-refractivity contribution in [1.82, 2.24) is 9.80 Å². The van der Waals surface area contributed by atoms with Crippen LogP contribution >= 0.6 is 22.7 Å². The van der Waals surface area contributed by atoms with Crippen LogP contribution in [0.5, 0.6) is 0 Å². The van der Waals surface area contributed by atoms with E-state index in [1.165, 1.54) is 28.8 Å². The summed E-state index contributed by atoms with van der Waals surface area (Å²) in [6.45, 7) is 4.79. The molecule has 2 unspecified atom stereocenters. The standard InChI is InChI=1S/C18H22N2OS2/c1-13(20-7-2-3-16(20)15-5-9-22-12-15)18(21)19-8-4-17-14(11-19)6-10-23-17/h5-6,9-10,12-13,16H,2-4,7-8,11H2,1H3. The lowest BCUT2D eigenvalue weighted by Crippen LogP contribution is -2.48. The Morgan fingerprint density at radius 2 is 2.22 bits per heavy atom. The molecule has 122 valence electrons. The molecule has 0 aliphatic carbocycles. The minimum atomic E-state index is -0.0254. The van der Waals surface area contributed by atoms with Crippen molar-refractivity contribution in [1.29, 1.82) is 0 Å². The van der Waals surface area contributed by atoms with Gasteiger partial charge in [-0.3, -0.25) is 9.69 Å². The molecular formula is C18H22N2OS2. The minimum absolute atomic E-state index is 0.0254. The van der Waals surface area contributed by atoms with Crippen molar-refractivity contribution < 1.29 is 4.79 Å². The highest BCUT2D eigenvalue weighted by Crippen LogP contribution is 2.35. The van der Waals surface area contributed by atoms with Crippen LogP contribution in [0.1, 0.15) is 41.8 Å². The fourth-order valence-corrected chi connectivity index (χ4v) is 5.51. The van der Waals surface area contributed by atoms with E-state index < -0.39 is 0 Å². The Hall–Kier alpha value is -1.17. The minimum Gasteiger partial charge on any atom is -0.337 e. The first-order valence-corrected chi connectivity index (χ1v) is 10.2. The summed E-state index contributed by atoms with van der Waals surface area (Å²) in [5.74, 6) is 0.295. The SMILES string of the molecule is CC(C(=O)N1CCc2sccc2C1)N1CCCC1c1ccsc1. The molecule has 2 aromatic rings. The molecule has 4 heterocycles. The molecule has 1 amide bonds. The molecule has 4 rings (SSSR count). The maximum Gasteiger partial charge on any atom is 0.239 e. The van der Waals surface area contributed by atoms with Gasteiger partial charge in [0, 0.05) is 24.0 Å². The number of fused-ring (bicyclic) bond motifs is 1. The first kappa shape index (κ1) is 15.4. The predicted octanol–water partition coefficient (Wildman–Crippen LogP) is 3.92. The number of nitrogens with zero attached hydrogens (tertiary/aromatic N) is 2. The second-order valence-electron chi connectivity index (χ2n) is 6.51. The largest absolute Gasteiger partial charge is 0.337 e. The van der Waals surface area contributed by atoms with Gasteiger partial charge >= 0.3 is 0 Å². The summed E-state index contributed by atoms with van der Waals surface area (Å²) in [7, 11) is 0. The molecule has 23 heavy (non-hydrogen) atoms. The highest BCUT2D eigenvalue weighted by molar-refractivity contribution is 7.10. The lowest BCUT2D eigenvalue weighted by molar-refractivity contribution is -0.137. The van der Waals surface area contributed by atoms with Crippen LogP contribution in [-0.2, 0) is 17.8 Å². The van der Waals surface area contributed by atoms with Crippen LogP contribution in [0.3, 0.4) is 0 Å².